The fourth-order valence-electron chi connectivity index (χ4n) is 3.11. The lowest BCUT2D eigenvalue weighted by Crippen LogP contribution is -2.19. The van der Waals surface area contributed by atoms with Gasteiger partial charge >= 0.3 is 6.01 Å². The summed E-state index contributed by atoms with van der Waals surface area (Å²) in [5.74, 6) is 0.438. The normalized spacial score (nSPS) is 10.7. The number of hydrogen-bond donors (Lipinski definition) is 3. The van der Waals surface area contributed by atoms with Crippen molar-refractivity contribution in [3.63, 3.8) is 0 Å². The number of aromatic nitrogens is 5. The molecule has 0 unspecified atom stereocenters. The minimum atomic E-state index is -0.236. The lowest BCUT2D eigenvalue weighted by atomic mass is 10.0. The van der Waals surface area contributed by atoms with Crippen LogP contribution in [0, 0.1) is 6.92 Å². The molecule has 4 rings (SSSR count). The summed E-state index contributed by atoms with van der Waals surface area (Å²) in [6, 6.07) is 4.13. The number of pyridine rings is 2. The summed E-state index contributed by atoms with van der Waals surface area (Å²) in [5, 5.41) is 6.70. The maximum absolute atomic E-state index is 12.1. The molecule has 0 fully saturated rings. The quantitative estimate of drug-likeness (QED) is 0.480. The van der Waals surface area contributed by atoms with Gasteiger partial charge in [-0.05, 0) is 24.6 Å². The monoisotopic (exact) mass is 389 g/mol. The van der Waals surface area contributed by atoms with E-state index < -0.39 is 0 Å². The molecular formula is C20H19N7O2. The van der Waals surface area contributed by atoms with E-state index in [0.29, 0.717) is 28.7 Å². The molecule has 4 aromatic rings. The van der Waals surface area contributed by atoms with Crippen molar-refractivity contribution in [2.75, 3.05) is 19.5 Å². The van der Waals surface area contributed by atoms with Gasteiger partial charge in [0.1, 0.15) is 5.82 Å². The lowest BCUT2D eigenvalue weighted by Gasteiger charge is -2.09. The first-order valence-corrected chi connectivity index (χ1v) is 8.89. The highest BCUT2D eigenvalue weighted by Gasteiger charge is 2.16. The molecule has 9 nitrogen and oxygen atoms in total. The Balaban J connectivity index is 1.67. The number of anilines is 2. The summed E-state index contributed by atoms with van der Waals surface area (Å²) in [6.07, 6.45) is 8.55. The Bertz CT molecular complexity index is 1190. The summed E-state index contributed by atoms with van der Waals surface area (Å²) < 4.78 is 4.96. The van der Waals surface area contributed by atoms with E-state index in [2.05, 4.69) is 35.6 Å². The number of nitrogens with one attached hydrogen (secondary N) is 3. The van der Waals surface area contributed by atoms with E-state index in [1.54, 1.807) is 31.8 Å². The number of H-pyrrole nitrogens is 1. The largest absolute Gasteiger partial charge is 0.467 e. The van der Waals surface area contributed by atoms with Crippen LogP contribution in [0.1, 0.15) is 16.1 Å². The summed E-state index contributed by atoms with van der Waals surface area (Å²) >= 11 is 0. The summed E-state index contributed by atoms with van der Waals surface area (Å²) in [4.78, 5) is 32.1. The maximum Gasteiger partial charge on any atom is 0.316 e. The molecule has 1 amide bonds. The standard InChI is InChI=1S/C20H19N7O2/c1-11-6-16(27-12-7-25-20(29-3)26-8-12)23-9-14(11)15-10-24-17-13(15)4-5-22-18(17)19(28)21-2/h4-10,24H,1-3H3,(H,21,28)(H,23,27). The predicted octanol–water partition coefficient (Wildman–Crippen LogP) is 2.84. The smallest absolute Gasteiger partial charge is 0.316 e. The molecule has 146 valence electrons. The van der Waals surface area contributed by atoms with Crippen molar-refractivity contribution in [1.82, 2.24) is 30.2 Å². The molecule has 0 radical (unpaired) electrons. The average Bonchev–Trinajstić information content (AvgIpc) is 3.18. The van der Waals surface area contributed by atoms with Crippen molar-refractivity contribution >= 4 is 28.3 Å². The Morgan fingerprint density at radius 1 is 1.10 bits per heavy atom. The molecule has 0 saturated carbocycles. The van der Waals surface area contributed by atoms with Crippen molar-refractivity contribution < 1.29 is 9.53 Å². The van der Waals surface area contributed by atoms with Gasteiger partial charge < -0.3 is 20.4 Å². The fourth-order valence-corrected chi connectivity index (χ4v) is 3.11. The van der Waals surface area contributed by atoms with Gasteiger partial charge in [0.25, 0.3) is 5.91 Å². The molecule has 0 aliphatic carbocycles. The van der Waals surface area contributed by atoms with E-state index in [-0.39, 0.29) is 5.91 Å². The van der Waals surface area contributed by atoms with Crippen LogP contribution in [-0.4, -0.2) is 45.0 Å². The Kier molecular flexibility index (Phi) is 4.78. The number of nitrogens with zero attached hydrogens (tertiary/aromatic N) is 4. The van der Waals surface area contributed by atoms with E-state index in [1.807, 2.05) is 25.3 Å². The van der Waals surface area contributed by atoms with Crippen LogP contribution in [0.3, 0.4) is 0 Å². The number of carbonyl (C=O) groups is 1. The first-order chi connectivity index (χ1) is 14.1. The van der Waals surface area contributed by atoms with Gasteiger partial charge in [0.05, 0.1) is 30.7 Å². The van der Waals surface area contributed by atoms with Crippen LogP contribution in [0.4, 0.5) is 11.5 Å². The number of aryl methyl sites for hydroxylation is 1. The molecule has 0 aromatic carbocycles. The Morgan fingerprint density at radius 2 is 1.90 bits per heavy atom. The molecule has 4 heterocycles. The molecule has 0 aliphatic rings. The number of hydrogen-bond acceptors (Lipinski definition) is 7. The van der Waals surface area contributed by atoms with E-state index in [0.717, 1.165) is 22.1 Å². The van der Waals surface area contributed by atoms with Crippen molar-refractivity contribution in [2.45, 2.75) is 6.92 Å². The highest BCUT2D eigenvalue weighted by Crippen LogP contribution is 2.32. The van der Waals surface area contributed by atoms with Gasteiger partial charge in [-0.2, -0.15) is 0 Å². The molecule has 0 aliphatic heterocycles. The predicted molar refractivity (Wildman–Crippen MR) is 109 cm³/mol. The zero-order valence-corrected chi connectivity index (χ0v) is 16.1. The van der Waals surface area contributed by atoms with Crippen molar-refractivity contribution in [2.24, 2.45) is 0 Å². The molecule has 0 atom stereocenters. The first-order valence-electron chi connectivity index (χ1n) is 8.89. The third-order valence-electron chi connectivity index (χ3n) is 4.53. The molecule has 3 N–H and O–H groups in total. The summed E-state index contributed by atoms with van der Waals surface area (Å²) in [6.45, 7) is 2.01. The number of carbonyl (C=O) groups excluding carboxylic acids is 1. The molecule has 0 saturated heterocycles. The van der Waals surface area contributed by atoms with Crippen molar-refractivity contribution in [3.8, 4) is 17.1 Å². The minimum Gasteiger partial charge on any atom is -0.467 e. The zero-order valence-electron chi connectivity index (χ0n) is 16.1. The maximum atomic E-state index is 12.1. The van der Waals surface area contributed by atoms with Crippen LogP contribution in [-0.2, 0) is 0 Å². The van der Waals surface area contributed by atoms with Gasteiger partial charge in [-0.15, -0.1) is 0 Å². The van der Waals surface area contributed by atoms with E-state index in [1.165, 1.54) is 7.11 Å². The van der Waals surface area contributed by atoms with Gasteiger partial charge in [-0.3, -0.25) is 4.79 Å². The number of rotatable bonds is 5. The molecule has 4 aromatic heterocycles. The molecule has 9 heteroatoms. The third kappa shape index (κ3) is 3.45. The van der Waals surface area contributed by atoms with Crippen LogP contribution >= 0.6 is 0 Å². The first kappa shape index (κ1) is 18.4. The number of amides is 1. The third-order valence-corrected chi connectivity index (χ3v) is 4.53. The number of fused-ring (bicyclic) bond motifs is 1. The van der Waals surface area contributed by atoms with Crippen LogP contribution in [0.5, 0.6) is 6.01 Å². The topological polar surface area (TPSA) is 118 Å². The molecule has 0 spiro atoms. The van der Waals surface area contributed by atoms with Gasteiger partial charge in [-0.25, -0.2) is 19.9 Å². The SMILES string of the molecule is CNC(=O)c1nccc2c(-c3cnc(Nc4cnc(OC)nc4)cc3C)c[nH]c12. The molecule has 29 heavy (non-hydrogen) atoms. The number of aromatic amines is 1. The Labute approximate surface area is 166 Å². The summed E-state index contributed by atoms with van der Waals surface area (Å²) in [7, 11) is 3.10. The van der Waals surface area contributed by atoms with Crippen LogP contribution in [0.25, 0.3) is 22.0 Å². The van der Waals surface area contributed by atoms with Crippen LogP contribution < -0.4 is 15.4 Å². The van der Waals surface area contributed by atoms with Crippen molar-refractivity contribution in [1.29, 1.82) is 0 Å². The van der Waals surface area contributed by atoms with Crippen molar-refractivity contribution in [3.05, 3.63) is 54.4 Å². The summed E-state index contributed by atoms with van der Waals surface area (Å²) in [5.41, 5.74) is 4.70. The van der Waals surface area contributed by atoms with Gasteiger partial charge in [0.2, 0.25) is 0 Å². The highest BCUT2D eigenvalue weighted by atomic mass is 16.5. The zero-order chi connectivity index (χ0) is 20.4. The second-order valence-corrected chi connectivity index (χ2v) is 6.33. The lowest BCUT2D eigenvalue weighted by molar-refractivity contribution is 0.0960. The highest BCUT2D eigenvalue weighted by molar-refractivity contribution is 6.07. The van der Waals surface area contributed by atoms with E-state index >= 15 is 0 Å². The molecular weight excluding hydrogens is 370 g/mol. The number of methoxy groups -OCH3 is 1. The number of ether oxygens (including phenoxy) is 1. The van der Waals surface area contributed by atoms with Gasteiger partial charge in [0.15, 0.2) is 5.69 Å². The molecule has 0 bridgehead atoms. The minimum absolute atomic E-state index is 0.236. The Hall–Kier alpha value is -4.01. The fraction of sp³-hybridized carbons (Fsp3) is 0.150. The van der Waals surface area contributed by atoms with E-state index in [9.17, 15) is 4.79 Å². The van der Waals surface area contributed by atoms with Crippen LogP contribution in [0.15, 0.2) is 43.1 Å². The van der Waals surface area contributed by atoms with E-state index in [4.69, 9.17) is 4.74 Å². The van der Waals surface area contributed by atoms with Gasteiger partial charge in [0, 0.05) is 42.2 Å². The Morgan fingerprint density at radius 3 is 2.59 bits per heavy atom. The average molecular weight is 389 g/mol. The second-order valence-electron chi connectivity index (χ2n) is 6.33. The second kappa shape index (κ2) is 7.55. The van der Waals surface area contributed by atoms with Gasteiger partial charge in [-0.1, -0.05) is 0 Å². The van der Waals surface area contributed by atoms with Crippen LogP contribution in [0.2, 0.25) is 0 Å².